The first-order valence-corrected chi connectivity index (χ1v) is 11.3. The summed E-state index contributed by atoms with van der Waals surface area (Å²) < 4.78 is 5.31. The van der Waals surface area contributed by atoms with Crippen LogP contribution in [-0.2, 0) is 0 Å². The second-order valence-electron chi connectivity index (χ2n) is 6.46. The summed E-state index contributed by atoms with van der Waals surface area (Å²) in [5.41, 5.74) is 0. The fraction of sp³-hybridized carbons (Fsp3) is 1.00. The molecule has 3 heteroatoms. The predicted octanol–water partition coefficient (Wildman–Crippen LogP) is 4.71. The predicted molar refractivity (Wildman–Crippen MR) is 91.0 cm³/mol. The average molecular weight is 287 g/mol. The molecule has 19 heavy (non-hydrogen) atoms. The Morgan fingerprint density at radius 1 is 0.632 bits per heavy atom. The molecule has 0 spiro atoms. The van der Waals surface area contributed by atoms with E-state index in [9.17, 15) is 0 Å². The molecule has 0 unspecified atom stereocenters. The molecule has 0 atom stereocenters. The number of hydrogen-bond acceptors (Lipinski definition) is 2. The lowest BCUT2D eigenvalue weighted by molar-refractivity contribution is 0.380. The minimum absolute atomic E-state index is 1.28. The Morgan fingerprint density at radius 2 is 1.00 bits per heavy atom. The summed E-state index contributed by atoms with van der Waals surface area (Å²) in [6, 6.07) is 0. The van der Waals surface area contributed by atoms with Gasteiger partial charge in [-0.15, -0.1) is 0 Å². The van der Waals surface area contributed by atoms with Crippen LogP contribution in [0.25, 0.3) is 0 Å². The van der Waals surface area contributed by atoms with E-state index in [4.69, 9.17) is 0 Å². The Labute approximate surface area is 123 Å². The zero-order chi connectivity index (χ0) is 14.7. The standard InChI is InChI=1S/C16H38N2Si/c1-7-9-11-13-15-17(3)19(5,6)18(4)16-14-12-10-8-2/h7-16H2,1-6H3. The summed E-state index contributed by atoms with van der Waals surface area (Å²) in [5.74, 6) is 0. The van der Waals surface area contributed by atoms with Gasteiger partial charge in [-0.1, -0.05) is 52.4 Å². The molecule has 0 bridgehead atoms. The number of unbranched alkanes of at least 4 members (excludes halogenated alkanes) is 6. The van der Waals surface area contributed by atoms with Crippen LogP contribution in [-0.4, -0.2) is 44.7 Å². The SMILES string of the molecule is CCCCCCN(C)[Si](C)(C)N(C)CCCCCC. The van der Waals surface area contributed by atoms with Crippen molar-refractivity contribution < 1.29 is 0 Å². The highest BCUT2D eigenvalue weighted by Gasteiger charge is 2.30. The number of rotatable bonds is 12. The Morgan fingerprint density at radius 3 is 1.32 bits per heavy atom. The van der Waals surface area contributed by atoms with Crippen LogP contribution in [0, 0.1) is 0 Å². The lowest BCUT2D eigenvalue weighted by Crippen LogP contribution is -2.59. The first kappa shape index (κ1) is 19.1. The molecule has 2 nitrogen and oxygen atoms in total. The van der Waals surface area contributed by atoms with Crippen LogP contribution in [0.4, 0.5) is 0 Å². The summed E-state index contributed by atoms with van der Waals surface area (Å²) >= 11 is 0. The molecule has 0 fully saturated rings. The molecule has 0 N–H and O–H groups in total. The molecule has 0 radical (unpaired) electrons. The Hall–Kier alpha value is 0.137. The zero-order valence-corrected chi connectivity index (χ0v) is 15.5. The van der Waals surface area contributed by atoms with E-state index in [1.54, 1.807) is 0 Å². The maximum Gasteiger partial charge on any atom is 0.200 e. The molecule has 0 saturated carbocycles. The van der Waals surface area contributed by atoms with Gasteiger partial charge in [-0.3, -0.25) is 0 Å². The van der Waals surface area contributed by atoms with Gasteiger partial charge < -0.3 is 9.13 Å². The van der Waals surface area contributed by atoms with Crippen molar-refractivity contribution in [3.8, 4) is 0 Å². The van der Waals surface area contributed by atoms with Gasteiger partial charge in [0.25, 0.3) is 0 Å². The lowest BCUT2D eigenvalue weighted by atomic mass is 10.2. The van der Waals surface area contributed by atoms with Crippen molar-refractivity contribution in [2.45, 2.75) is 78.3 Å². The van der Waals surface area contributed by atoms with E-state index in [0.717, 1.165) is 0 Å². The van der Waals surface area contributed by atoms with E-state index in [2.05, 4.69) is 50.2 Å². The third-order valence-corrected chi connectivity index (χ3v) is 8.75. The summed E-state index contributed by atoms with van der Waals surface area (Å²) in [5, 5.41) is 0. The second kappa shape index (κ2) is 10.9. The van der Waals surface area contributed by atoms with Gasteiger partial charge in [-0.05, 0) is 53.1 Å². The molecule has 116 valence electrons. The molecular formula is C16H38N2Si. The molecule has 0 aromatic carbocycles. The molecule has 0 saturated heterocycles. The van der Waals surface area contributed by atoms with Crippen molar-refractivity contribution >= 4 is 8.40 Å². The van der Waals surface area contributed by atoms with E-state index in [1.807, 2.05) is 0 Å². The molecule has 0 rings (SSSR count). The first-order valence-electron chi connectivity index (χ1n) is 8.39. The quantitative estimate of drug-likeness (QED) is 0.378. The van der Waals surface area contributed by atoms with Gasteiger partial charge in [0.2, 0.25) is 0 Å². The van der Waals surface area contributed by atoms with E-state index in [0.29, 0.717) is 0 Å². The molecule has 0 aromatic heterocycles. The smallest absolute Gasteiger partial charge is 0.200 e. The molecule has 0 aromatic rings. The van der Waals surface area contributed by atoms with Gasteiger partial charge in [-0.2, -0.15) is 0 Å². The van der Waals surface area contributed by atoms with Crippen molar-refractivity contribution in [1.29, 1.82) is 0 Å². The first-order chi connectivity index (χ1) is 8.96. The summed E-state index contributed by atoms with van der Waals surface area (Å²) in [6.07, 6.45) is 11.0. The van der Waals surface area contributed by atoms with Crippen molar-refractivity contribution in [2.24, 2.45) is 0 Å². The Balaban J connectivity index is 3.96. The van der Waals surface area contributed by atoms with Crippen molar-refractivity contribution in [1.82, 2.24) is 9.13 Å². The minimum atomic E-state index is -1.36. The third-order valence-electron chi connectivity index (χ3n) is 4.56. The van der Waals surface area contributed by atoms with Crippen molar-refractivity contribution in [3.05, 3.63) is 0 Å². The van der Waals surface area contributed by atoms with E-state index >= 15 is 0 Å². The fourth-order valence-electron chi connectivity index (χ4n) is 2.39. The number of hydrogen-bond donors (Lipinski definition) is 0. The van der Waals surface area contributed by atoms with Crippen molar-refractivity contribution in [2.75, 3.05) is 27.2 Å². The lowest BCUT2D eigenvalue weighted by Gasteiger charge is -2.41. The van der Waals surface area contributed by atoms with E-state index < -0.39 is 8.40 Å². The van der Waals surface area contributed by atoms with Gasteiger partial charge >= 0.3 is 0 Å². The number of nitrogens with zero attached hydrogens (tertiary/aromatic N) is 2. The minimum Gasteiger partial charge on any atom is -0.315 e. The molecular weight excluding hydrogens is 248 g/mol. The van der Waals surface area contributed by atoms with Gasteiger partial charge in [0.15, 0.2) is 8.40 Å². The van der Waals surface area contributed by atoms with Crippen LogP contribution >= 0.6 is 0 Å². The summed E-state index contributed by atoms with van der Waals surface area (Å²) in [6.45, 7) is 12.1. The van der Waals surface area contributed by atoms with Crippen LogP contribution < -0.4 is 0 Å². The molecule has 0 aliphatic heterocycles. The van der Waals surface area contributed by atoms with Gasteiger partial charge in [0.05, 0.1) is 0 Å². The van der Waals surface area contributed by atoms with Gasteiger partial charge in [-0.25, -0.2) is 0 Å². The Kier molecular flexibility index (Phi) is 10.9. The largest absolute Gasteiger partial charge is 0.315 e. The fourth-order valence-corrected chi connectivity index (χ4v) is 4.38. The highest BCUT2D eigenvalue weighted by molar-refractivity contribution is 6.71. The van der Waals surface area contributed by atoms with Crippen molar-refractivity contribution in [3.63, 3.8) is 0 Å². The monoisotopic (exact) mass is 286 g/mol. The van der Waals surface area contributed by atoms with Gasteiger partial charge in [0.1, 0.15) is 0 Å². The highest BCUT2D eigenvalue weighted by atomic mass is 28.3. The van der Waals surface area contributed by atoms with Crippen LogP contribution in [0.1, 0.15) is 65.2 Å². The zero-order valence-electron chi connectivity index (χ0n) is 14.5. The summed E-state index contributed by atoms with van der Waals surface area (Å²) in [7, 11) is 3.30. The molecule has 0 aliphatic carbocycles. The van der Waals surface area contributed by atoms with E-state index in [1.165, 1.54) is 64.5 Å². The molecule has 0 amide bonds. The summed E-state index contributed by atoms with van der Waals surface area (Å²) in [4.78, 5) is 0. The molecule has 0 aliphatic rings. The molecule has 0 heterocycles. The normalized spacial score (nSPS) is 12.6. The third kappa shape index (κ3) is 8.11. The van der Waals surface area contributed by atoms with Crippen LogP contribution in [0.15, 0.2) is 0 Å². The van der Waals surface area contributed by atoms with Crippen LogP contribution in [0.2, 0.25) is 13.1 Å². The highest BCUT2D eigenvalue weighted by Crippen LogP contribution is 2.15. The maximum atomic E-state index is 2.66. The van der Waals surface area contributed by atoms with Crippen LogP contribution in [0.5, 0.6) is 0 Å². The second-order valence-corrected chi connectivity index (χ2v) is 11.0. The van der Waals surface area contributed by atoms with Gasteiger partial charge in [0, 0.05) is 0 Å². The maximum absolute atomic E-state index is 2.66. The van der Waals surface area contributed by atoms with E-state index in [-0.39, 0.29) is 0 Å². The topological polar surface area (TPSA) is 6.48 Å². The Bertz CT molecular complexity index is 187. The van der Waals surface area contributed by atoms with Crippen LogP contribution in [0.3, 0.4) is 0 Å². The average Bonchev–Trinajstić information content (AvgIpc) is 2.39.